The maximum atomic E-state index is 13.0. The van der Waals surface area contributed by atoms with Crippen LogP contribution in [-0.4, -0.2) is 11.1 Å². The van der Waals surface area contributed by atoms with Crippen molar-refractivity contribution in [3.63, 3.8) is 0 Å². The highest BCUT2D eigenvalue weighted by molar-refractivity contribution is 5.32. The van der Waals surface area contributed by atoms with Crippen molar-refractivity contribution in [2.75, 3.05) is 0 Å². The molecule has 0 unspecified atom stereocenters. The van der Waals surface area contributed by atoms with Crippen molar-refractivity contribution in [1.29, 1.82) is 0 Å². The second kappa shape index (κ2) is 5.50. The molecule has 1 aliphatic rings. The van der Waals surface area contributed by atoms with Crippen LogP contribution in [0.15, 0.2) is 18.2 Å². The average molecular weight is 237 g/mol. The molecule has 2 rings (SSSR count). The number of hydrogen-bond acceptors (Lipinski definition) is 2. The molecule has 0 aromatic heterocycles. The van der Waals surface area contributed by atoms with E-state index in [1.807, 2.05) is 0 Å². The predicted molar refractivity (Wildman–Crippen MR) is 66.3 cm³/mol. The Labute approximate surface area is 102 Å². The lowest BCUT2D eigenvalue weighted by Crippen LogP contribution is -2.31. The van der Waals surface area contributed by atoms with Crippen molar-refractivity contribution in [2.24, 2.45) is 5.92 Å². The van der Waals surface area contributed by atoms with Gasteiger partial charge in [0.15, 0.2) is 0 Å². The number of nitrogens with one attached hydrogen (secondary N) is 1. The van der Waals surface area contributed by atoms with Crippen molar-refractivity contribution in [3.05, 3.63) is 29.6 Å². The summed E-state index contributed by atoms with van der Waals surface area (Å²) in [5, 5.41) is 13.0. The van der Waals surface area contributed by atoms with E-state index in [4.69, 9.17) is 0 Å². The van der Waals surface area contributed by atoms with Gasteiger partial charge in [0.25, 0.3) is 0 Å². The van der Waals surface area contributed by atoms with Gasteiger partial charge in [-0.05, 0) is 43.9 Å². The first-order chi connectivity index (χ1) is 8.16. The molecule has 0 amide bonds. The van der Waals surface area contributed by atoms with Crippen LogP contribution in [0.3, 0.4) is 0 Å². The van der Waals surface area contributed by atoms with Gasteiger partial charge in [-0.2, -0.15) is 0 Å². The molecule has 0 saturated heterocycles. The molecule has 2 N–H and O–H groups in total. The zero-order chi connectivity index (χ0) is 12.3. The van der Waals surface area contributed by atoms with Crippen LogP contribution in [-0.2, 0) is 6.54 Å². The van der Waals surface area contributed by atoms with Crippen molar-refractivity contribution in [1.82, 2.24) is 5.32 Å². The Kier molecular flexibility index (Phi) is 4.00. The SMILES string of the molecule is C[C@H](NCc1cc(F)ccc1O)C1CCCC1. The highest BCUT2D eigenvalue weighted by atomic mass is 19.1. The Morgan fingerprint density at radius 1 is 1.41 bits per heavy atom. The summed E-state index contributed by atoms with van der Waals surface area (Å²) in [6.45, 7) is 2.70. The summed E-state index contributed by atoms with van der Waals surface area (Å²) >= 11 is 0. The predicted octanol–water partition coefficient (Wildman–Crippen LogP) is 3.20. The monoisotopic (exact) mass is 237 g/mol. The largest absolute Gasteiger partial charge is 0.508 e. The van der Waals surface area contributed by atoms with Crippen molar-refractivity contribution >= 4 is 0 Å². The first-order valence-electron chi connectivity index (χ1n) is 6.37. The van der Waals surface area contributed by atoms with E-state index < -0.39 is 0 Å². The van der Waals surface area contributed by atoms with Crippen LogP contribution in [0.4, 0.5) is 4.39 Å². The number of aromatic hydroxyl groups is 1. The molecule has 1 aromatic rings. The molecular formula is C14H20FNO. The van der Waals surface area contributed by atoms with E-state index >= 15 is 0 Å². The zero-order valence-electron chi connectivity index (χ0n) is 10.2. The fourth-order valence-electron chi connectivity index (χ4n) is 2.59. The Hall–Kier alpha value is -1.09. The van der Waals surface area contributed by atoms with Crippen molar-refractivity contribution in [3.8, 4) is 5.75 Å². The number of rotatable bonds is 4. The van der Waals surface area contributed by atoms with Crippen LogP contribution in [0.1, 0.15) is 38.2 Å². The second-order valence-electron chi connectivity index (χ2n) is 4.99. The molecule has 3 heteroatoms. The molecule has 1 saturated carbocycles. The topological polar surface area (TPSA) is 32.3 Å². The summed E-state index contributed by atoms with van der Waals surface area (Å²) in [4.78, 5) is 0. The number of hydrogen-bond donors (Lipinski definition) is 2. The van der Waals surface area contributed by atoms with Crippen LogP contribution < -0.4 is 5.32 Å². The van der Waals surface area contributed by atoms with E-state index in [9.17, 15) is 9.50 Å². The minimum absolute atomic E-state index is 0.164. The van der Waals surface area contributed by atoms with Gasteiger partial charge in [-0.15, -0.1) is 0 Å². The fraction of sp³-hybridized carbons (Fsp3) is 0.571. The lowest BCUT2D eigenvalue weighted by atomic mass is 9.99. The average Bonchev–Trinajstić information content (AvgIpc) is 2.83. The molecule has 1 aliphatic carbocycles. The van der Waals surface area contributed by atoms with E-state index in [0.717, 1.165) is 5.92 Å². The smallest absolute Gasteiger partial charge is 0.123 e. The molecule has 1 fully saturated rings. The van der Waals surface area contributed by atoms with Crippen LogP contribution in [0, 0.1) is 11.7 Å². The zero-order valence-corrected chi connectivity index (χ0v) is 10.2. The van der Waals surface area contributed by atoms with Gasteiger partial charge in [-0.1, -0.05) is 12.8 Å². The van der Waals surface area contributed by atoms with Gasteiger partial charge in [0.05, 0.1) is 0 Å². The number of phenolic OH excluding ortho intramolecular Hbond substituents is 1. The molecule has 2 nitrogen and oxygen atoms in total. The Bertz CT molecular complexity index is 374. The third kappa shape index (κ3) is 3.19. The molecule has 0 radical (unpaired) electrons. The van der Waals surface area contributed by atoms with E-state index in [-0.39, 0.29) is 11.6 Å². The standard InChI is InChI=1S/C14H20FNO/c1-10(11-4-2-3-5-11)16-9-12-8-13(15)6-7-14(12)17/h6-8,10-11,16-17H,2-5,9H2,1H3/t10-/m0/s1. The van der Waals surface area contributed by atoms with Gasteiger partial charge in [0, 0.05) is 18.2 Å². The van der Waals surface area contributed by atoms with Crippen LogP contribution in [0.5, 0.6) is 5.75 Å². The van der Waals surface area contributed by atoms with E-state index in [2.05, 4.69) is 12.2 Å². The summed E-state index contributed by atoms with van der Waals surface area (Å²) in [5.74, 6) is 0.594. The van der Waals surface area contributed by atoms with Crippen molar-refractivity contribution < 1.29 is 9.50 Å². The fourth-order valence-corrected chi connectivity index (χ4v) is 2.59. The molecule has 0 aliphatic heterocycles. The van der Waals surface area contributed by atoms with Crippen LogP contribution in [0.2, 0.25) is 0 Å². The first-order valence-corrected chi connectivity index (χ1v) is 6.37. The number of phenols is 1. The van der Waals surface area contributed by atoms with Gasteiger partial charge in [0.1, 0.15) is 11.6 Å². The van der Waals surface area contributed by atoms with Gasteiger partial charge in [0.2, 0.25) is 0 Å². The lowest BCUT2D eigenvalue weighted by molar-refractivity contribution is 0.376. The van der Waals surface area contributed by atoms with Crippen LogP contribution >= 0.6 is 0 Å². The third-order valence-corrected chi connectivity index (χ3v) is 3.76. The molecule has 94 valence electrons. The number of halogens is 1. The lowest BCUT2D eigenvalue weighted by Gasteiger charge is -2.20. The molecular weight excluding hydrogens is 217 g/mol. The summed E-state index contributed by atoms with van der Waals surface area (Å²) in [5.41, 5.74) is 0.634. The molecule has 17 heavy (non-hydrogen) atoms. The first kappa shape index (κ1) is 12.4. The molecule has 1 atom stereocenters. The summed E-state index contributed by atoms with van der Waals surface area (Å²) in [6, 6.07) is 4.51. The second-order valence-corrected chi connectivity index (χ2v) is 4.99. The maximum absolute atomic E-state index is 13.0. The highest BCUT2D eigenvalue weighted by Crippen LogP contribution is 2.28. The van der Waals surface area contributed by atoms with Gasteiger partial charge in [-0.3, -0.25) is 0 Å². The Morgan fingerprint density at radius 2 is 2.12 bits per heavy atom. The van der Waals surface area contributed by atoms with E-state index in [0.29, 0.717) is 18.2 Å². The highest BCUT2D eigenvalue weighted by Gasteiger charge is 2.21. The summed E-state index contributed by atoms with van der Waals surface area (Å²) in [6.07, 6.45) is 5.20. The maximum Gasteiger partial charge on any atom is 0.123 e. The third-order valence-electron chi connectivity index (χ3n) is 3.76. The number of benzene rings is 1. The Morgan fingerprint density at radius 3 is 2.82 bits per heavy atom. The van der Waals surface area contributed by atoms with E-state index in [1.54, 1.807) is 0 Å². The summed E-state index contributed by atoms with van der Waals surface area (Å²) < 4.78 is 13.0. The van der Waals surface area contributed by atoms with Gasteiger partial charge in [-0.25, -0.2) is 4.39 Å². The molecule has 0 spiro atoms. The minimum Gasteiger partial charge on any atom is -0.508 e. The van der Waals surface area contributed by atoms with Gasteiger partial charge < -0.3 is 10.4 Å². The minimum atomic E-state index is -0.298. The van der Waals surface area contributed by atoms with Crippen molar-refractivity contribution in [2.45, 2.75) is 45.2 Å². The van der Waals surface area contributed by atoms with Gasteiger partial charge >= 0.3 is 0 Å². The van der Waals surface area contributed by atoms with Crippen LogP contribution in [0.25, 0.3) is 0 Å². The normalized spacial score (nSPS) is 18.5. The summed E-state index contributed by atoms with van der Waals surface area (Å²) in [7, 11) is 0. The quantitative estimate of drug-likeness (QED) is 0.842. The molecule has 0 heterocycles. The van der Waals surface area contributed by atoms with E-state index in [1.165, 1.54) is 43.9 Å². The Balaban J connectivity index is 1.90. The molecule has 1 aromatic carbocycles. The molecule has 0 bridgehead atoms.